The second-order valence-electron chi connectivity index (χ2n) is 6.23. The number of carbonyl (C=O) groups is 2. The molecule has 1 aliphatic heterocycles. The van der Waals surface area contributed by atoms with Crippen LogP contribution in [0.15, 0.2) is 71.5 Å². The highest BCUT2D eigenvalue weighted by atomic mass is 35.5. The fraction of sp³-hybridized carbons (Fsp3) is 0.100. The SMILES string of the molecule is COc1ccc(-n2cc(CN3C(=O)C(Cl)=C(Nc4ccccc4)C3=O)nn2)cc1. The first-order chi connectivity index (χ1) is 14.1. The van der Waals surface area contributed by atoms with E-state index in [-0.39, 0.29) is 17.3 Å². The van der Waals surface area contributed by atoms with Crippen LogP contribution in [0, 0.1) is 0 Å². The molecule has 4 rings (SSSR count). The predicted molar refractivity (Wildman–Crippen MR) is 106 cm³/mol. The Hall–Kier alpha value is -3.65. The second kappa shape index (κ2) is 7.76. The molecule has 8 nitrogen and oxygen atoms in total. The molecule has 0 atom stereocenters. The van der Waals surface area contributed by atoms with Gasteiger partial charge in [0.2, 0.25) is 0 Å². The Morgan fingerprint density at radius 3 is 2.45 bits per heavy atom. The molecule has 1 N–H and O–H groups in total. The van der Waals surface area contributed by atoms with E-state index in [9.17, 15) is 9.59 Å². The molecule has 29 heavy (non-hydrogen) atoms. The van der Waals surface area contributed by atoms with E-state index >= 15 is 0 Å². The molecule has 0 unspecified atom stereocenters. The summed E-state index contributed by atoms with van der Waals surface area (Å²) in [6.07, 6.45) is 1.65. The van der Waals surface area contributed by atoms with Crippen LogP contribution in [0.5, 0.6) is 5.75 Å². The molecule has 0 spiro atoms. The number of aromatic nitrogens is 3. The quantitative estimate of drug-likeness (QED) is 0.630. The first kappa shape index (κ1) is 18.7. The van der Waals surface area contributed by atoms with Gasteiger partial charge in [0.05, 0.1) is 25.5 Å². The minimum absolute atomic E-state index is 0.0377. The number of nitrogens with zero attached hydrogens (tertiary/aromatic N) is 4. The summed E-state index contributed by atoms with van der Waals surface area (Å²) < 4.78 is 6.69. The summed E-state index contributed by atoms with van der Waals surface area (Å²) >= 11 is 6.12. The van der Waals surface area contributed by atoms with Gasteiger partial charge in [0.25, 0.3) is 11.8 Å². The zero-order valence-corrected chi connectivity index (χ0v) is 16.1. The Kier molecular flexibility index (Phi) is 5.01. The number of para-hydroxylation sites is 1. The van der Waals surface area contributed by atoms with Gasteiger partial charge in [-0.2, -0.15) is 0 Å². The van der Waals surface area contributed by atoms with E-state index in [0.717, 1.165) is 16.3 Å². The minimum atomic E-state index is -0.575. The van der Waals surface area contributed by atoms with Crippen LogP contribution >= 0.6 is 11.6 Å². The molecule has 2 amide bonds. The monoisotopic (exact) mass is 409 g/mol. The van der Waals surface area contributed by atoms with E-state index in [4.69, 9.17) is 16.3 Å². The fourth-order valence-corrected chi connectivity index (χ4v) is 3.09. The molecule has 1 aromatic heterocycles. The summed E-state index contributed by atoms with van der Waals surface area (Å²) in [4.78, 5) is 26.2. The third kappa shape index (κ3) is 3.70. The van der Waals surface area contributed by atoms with Crippen molar-refractivity contribution in [1.82, 2.24) is 19.9 Å². The van der Waals surface area contributed by atoms with Crippen molar-refractivity contribution < 1.29 is 14.3 Å². The van der Waals surface area contributed by atoms with Crippen LogP contribution in [-0.4, -0.2) is 38.8 Å². The Balaban J connectivity index is 1.49. The molecule has 0 saturated heterocycles. The van der Waals surface area contributed by atoms with Gasteiger partial charge in [-0.05, 0) is 36.4 Å². The number of benzene rings is 2. The molecular formula is C20H16ClN5O3. The highest BCUT2D eigenvalue weighted by Gasteiger charge is 2.38. The number of nitrogens with one attached hydrogen (secondary N) is 1. The molecule has 2 aromatic carbocycles. The maximum atomic E-state index is 12.7. The number of rotatable bonds is 6. The van der Waals surface area contributed by atoms with Crippen LogP contribution in [0.1, 0.15) is 5.69 Å². The lowest BCUT2D eigenvalue weighted by atomic mass is 10.3. The summed E-state index contributed by atoms with van der Waals surface area (Å²) in [5.74, 6) is -0.363. The van der Waals surface area contributed by atoms with Gasteiger partial charge in [0.1, 0.15) is 22.2 Å². The number of halogens is 1. The third-order valence-electron chi connectivity index (χ3n) is 4.35. The topological polar surface area (TPSA) is 89.4 Å². The van der Waals surface area contributed by atoms with Crippen molar-refractivity contribution in [3.05, 3.63) is 77.2 Å². The maximum Gasteiger partial charge on any atom is 0.279 e. The van der Waals surface area contributed by atoms with E-state index in [1.54, 1.807) is 42.3 Å². The first-order valence-corrected chi connectivity index (χ1v) is 9.08. The Bertz CT molecular complexity index is 1090. The van der Waals surface area contributed by atoms with Crippen LogP contribution in [-0.2, 0) is 16.1 Å². The smallest absolute Gasteiger partial charge is 0.279 e. The molecule has 2 heterocycles. The van der Waals surface area contributed by atoms with E-state index in [2.05, 4.69) is 15.6 Å². The number of imide groups is 1. The van der Waals surface area contributed by atoms with Gasteiger partial charge < -0.3 is 10.1 Å². The Morgan fingerprint density at radius 2 is 1.76 bits per heavy atom. The number of carbonyl (C=O) groups excluding carboxylic acids is 2. The van der Waals surface area contributed by atoms with Crippen LogP contribution in [0.25, 0.3) is 5.69 Å². The Labute approximate surface area is 171 Å². The van der Waals surface area contributed by atoms with Crippen LogP contribution in [0.3, 0.4) is 0 Å². The summed E-state index contributed by atoms with van der Waals surface area (Å²) in [5, 5.41) is 10.9. The van der Waals surface area contributed by atoms with E-state index in [1.807, 2.05) is 30.3 Å². The van der Waals surface area contributed by atoms with Crippen molar-refractivity contribution in [2.45, 2.75) is 6.54 Å². The van der Waals surface area contributed by atoms with Crippen molar-refractivity contribution in [3.8, 4) is 11.4 Å². The highest BCUT2D eigenvalue weighted by Crippen LogP contribution is 2.26. The zero-order chi connectivity index (χ0) is 20.4. The van der Waals surface area contributed by atoms with E-state index in [1.165, 1.54) is 0 Å². The summed E-state index contributed by atoms with van der Waals surface area (Å²) in [5.41, 5.74) is 1.93. The summed E-state index contributed by atoms with van der Waals surface area (Å²) in [6, 6.07) is 16.3. The number of hydrogen-bond acceptors (Lipinski definition) is 6. The van der Waals surface area contributed by atoms with Gasteiger partial charge in [-0.1, -0.05) is 35.0 Å². The largest absolute Gasteiger partial charge is 0.497 e. The van der Waals surface area contributed by atoms with Crippen molar-refractivity contribution >= 4 is 29.1 Å². The summed E-state index contributed by atoms with van der Waals surface area (Å²) in [6.45, 7) is -0.0377. The number of hydrogen-bond donors (Lipinski definition) is 1. The number of methoxy groups -OCH3 is 1. The zero-order valence-electron chi connectivity index (χ0n) is 15.4. The van der Waals surface area contributed by atoms with Gasteiger partial charge in [0.15, 0.2) is 0 Å². The average molecular weight is 410 g/mol. The predicted octanol–water partition coefficient (Wildman–Crippen LogP) is 2.71. The van der Waals surface area contributed by atoms with Crippen LogP contribution < -0.4 is 10.1 Å². The molecule has 3 aromatic rings. The molecule has 0 radical (unpaired) electrons. The van der Waals surface area contributed by atoms with Crippen LogP contribution in [0.4, 0.5) is 5.69 Å². The number of anilines is 1. The van der Waals surface area contributed by atoms with Gasteiger partial charge in [-0.3, -0.25) is 14.5 Å². The van der Waals surface area contributed by atoms with Gasteiger partial charge >= 0.3 is 0 Å². The summed E-state index contributed by atoms with van der Waals surface area (Å²) in [7, 11) is 1.59. The molecule has 0 bridgehead atoms. The molecule has 0 fully saturated rings. The van der Waals surface area contributed by atoms with Crippen molar-refractivity contribution in [3.63, 3.8) is 0 Å². The molecule has 9 heteroatoms. The molecule has 146 valence electrons. The highest BCUT2D eigenvalue weighted by molar-refractivity contribution is 6.48. The van der Waals surface area contributed by atoms with Crippen molar-refractivity contribution in [2.24, 2.45) is 0 Å². The van der Waals surface area contributed by atoms with Crippen molar-refractivity contribution in [2.75, 3.05) is 12.4 Å². The van der Waals surface area contributed by atoms with E-state index < -0.39 is 11.8 Å². The van der Waals surface area contributed by atoms with E-state index in [0.29, 0.717) is 11.4 Å². The average Bonchev–Trinajstić information content (AvgIpc) is 3.30. The number of ether oxygens (including phenoxy) is 1. The van der Waals surface area contributed by atoms with Crippen LogP contribution in [0.2, 0.25) is 0 Å². The lowest BCUT2D eigenvalue weighted by Gasteiger charge is -2.13. The maximum absolute atomic E-state index is 12.7. The standard InChI is InChI=1S/C20H16ClN5O3/c1-29-16-9-7-15(8-10-16)26-12-14(23-24-26)11-25-19(27)17(21)18(20(25)28)22-13-5-3-2-4-6-13/h2-10,12,22H,11H2,1H3. The molecule has 0 saturated carbocycles. The fourth-order valence-electron chi connectivity index (χ4n) is 2.86. The lowest BCUT2D eigenvalue weighted by Crippen LogP contribution is -2.32. The Morgan fingerprint density at radius 1 is 1.03 bits per heavy atom. The third-order valence-corrected chi connectivity index (χ3v) is 4.70. The molecule has 0 aliphatic carbocycles. The molecular weight excluding hydrogens is 394 g/mol. The van der Waals surface area contributed by atoms with Crippen molar-refractivity contribution in [1.29, 1.82) is 0 Å². The van der Waals surface area contributed by atoms with Gasteiger partial charge in [-0.25, -0.2) is 4.68 Å². The molecule has 1 aliphatic rings. The normalized spacial score (nSPS) is 13.9. The second-order valence-corrected chi connectivity index (χ2v) is 6.61. The lowest BCUT2D eigenvalue weighted by molar-refractivity contribution is -0.138. The van der Waals surface area contributed by atoms with Gasteiger partial charge in [0, 0.05) is 5.69 Å². The number of amides is 2. The van der Waals surface area contributed by atoms with Gasteiger partial charge in [-0.15, -0.1) is 5.10 Å². The first-order valence-electron chi connectivity index (χ1n) is 8.70. The minimum Gasteiger partial charge on any atom is -0.497 e.